The van der Waals surface area contributed by atoms with Crippen molar-refractivity contribution in [2.45, 2.75) is 110 Å². The summed E-state index contributed by atoms with van der Waals surface area (Å²) < 4.78 is 41.5. The van der Waals surface area contributed by atoms with Crippen LogP contribution in [0, 0.1) is 36.8 Å². The number of likely N-dealkylation sites (tertiary alicyclic amines) is 2. The van der Waals surface area contributed by atoms with E-state index in [0.717, 1.165) is 72.9 Å². The van der Waals surface area contributed by atoms with Gasteiger partial charge in [0.25, 0.3) is 0 Å². The fourth-order valence-corrected chi connectivity index (χ4v) is 11.3. The average Bonchev–Trinajstić information content (AvgIpc) is 4.29. The number of aryl methyl sites for hydroxylation is 1. The molecule has 78 heavy (non-hydrogen) atoms. The highest BCUT2D eigenvalue weighted by Crippen LogP contribution is 2.39. The SMILES string of the molecule is C#Cc1c(F)ccc2cc(O)cc(-c3ncc4c(N5CC6CCC(C5)N6)nc(OC)nc4c3F)c12.CC(C)C.Cc1ncsc1-c1ccc(C(C)NC(=O)C2CCCN2C(=O)CNC(=O)CCOCCCN2CCCC2)cc1. The van der Waals surface area contributed by atoms with Gasteiger partial charge in [-0.3, -0.25) is 19.4 Å². The van der Waals surface area contributed by atoms with Gasteiger partial charge < -0.3 is 45.2 Å². The number of thiazole rings is 1. The van der Waals surface area contributed by atoms with E-state index in [1.807, 2.05) is 43.6 Å². The normalized spacial score (nSPS) is 18.3. The predicted molar refractivity (Wildman–Crippen MR) is 301 cm³/mol. The molecule has 0 radical (unpaired) electrons. The number of halogens is 2. The first-order valence-electron chi connectivity index (χ1n) is 27.1. The van der Waals surface area contributed by atoms with E-state index >= 15 is 4.39 Å². The Morgan fingerprint density at radius 3 is 2.36 bits per heavy atom. The smallest absolute Gasteiger partial charge is 0.318 e. The number of piperazine rings is 1. The number of rotatable bonds is 16. The lowest BCUT2D eigenvalue weighted by atomic mass is 9.96. The number of phenolic OH excluding ortho intramolecular Hbond substituents is 1. The number of nitrogens with zero attached hydrogens (tertiary/aromatic N) is 7. The summed E-state index contributed by atoms with van der Waals surface area (Å²) >= 11 is 1.61. The predicted octanol–water partition coefficient (Wildman–Crippen LogP) is 8.72. The highest BCUT2D eigenvalue weighted by Gasteiger charge is 2.36. The van der Waals surface area contributed by atoms with Gasteiger partial charge in [-0.2, -0.15) is 9.97 Å². The van der Waals surface area contributed by atoms with E-state index in [1.165, 1.54) is 63.5 Å². The molecule has 4 aliphatic rings. The molecular weight excluding hydrogens is 1010 g/mol. The Morgan fingerprint density at radius 2 is 1.68 bits per heavy atom. The van der Waals surface area contributed by atoms with E-state index in [2.05, 4.69) is 72.4 Å². The van der Waals surface area contributed by atoms with Crippen molar-refractivity contribution >= 4 is 56.6 Å². The zero-order valence-electron chi connectivity index (χ0n) is 45.5. The maximum atomic E-state index is 16.1. The standard InChI is InChI=1S/C29H41N5O4S.C26H21F2N5O2.C4H10/c1-21(23-8-10-24(11-9-23)28-22(2)31-20-39-28)32-29(37)25-7-5-16-34(25)27(36)19-30-26(35)12-18-38-17-6-15-33-13-3-4-14-33;1-3-17-20(27)7-4-13-8-16(34)9-18(21(13)17)23-22(28)24-19(10-29-23)25(32-26(31-24)35-2)33-11-14-5-6-15(12-33)30-14;1-4(2)3/h8-11,20-21,25H,3-7,12-19H2,1-2H3,(H,30,35)(H,32,37);1,4,7-10,14-15,30,34H,5-6,11-12H2,2H3;4H,1-3H3. The molecule has 4 unspecified atom stereocenters. The molecule has 4 N–H and O–H groups in total. The molecule has 3 amide bonds. The minimum Gasteiger partial charge on any atom is -0.508 e. The molecule has 4 atom stereocenters. The van der Waals surface area contributed by atoms with Gasteiger partial charge in [-0.1, -0.05) is 57.0 Å². The highest BCUT2D eigenvalue weighted by molar-refractivity contribution is 7.13. The summed E-state index contributed by atoms with van der Waals surface area (Å²) in [5.74, 6) is 1.65. The molecule has 0 saturated carbocycles. The highest BCUT2D eigenvalue weighted by atomic mass is 32.1. The topological polar surface area (TPSA) is 187 Å². The minimum absolute atomic E-state index is 0.0258. The van der Waals surface area contributed by atoms with Crippen LogP contribution < -0.4 is 25.6 Å². The summed E-state index contributed by atoms with van der Waals surface area (Å²) in [7, 11) is 1.43. The lowest BCUT2D eigenvalue weighted by Crippen LogP contribution is -2.51. The first kappa shape index (κ1) is 57.3. The van der Waals surface area contributed by atoms with Crippen molar-refractivity contribution in [1.29, 1.82) is 0 Å². The Hall–Kier alpha value is -6.85. The Balaban J connectivity index is 0.000000193. The molecule has 16 nitrogen and oxygen atoms in total. The molecule has 414 valence electrons. The fraction of sp³-hybridized carbons (Fsp3) is 0.475. The zero-order chi connectivity index (χ0) is 55.5. The summed E-state index contributed by atoms with van der Waals surface area (Å²) in [6.07, 6.45) is 14.4. The van der Waals surface area contributed by atoms with Crippen LogP contribution >= 0.6 is 11.3 Å². The first-order valence-corrected chi connectivity index (χ1v) is 28.0. The molecule has 0 aliphatic carbocycles. The van der Waals surface area contributed by atoms with E-state index in [-0.39, 0.29) is 76.2 Å². The summed E-state index contributed by atoms with van der Waals surface area (Å²) in [5, 5.41) is 20.8. The van der Waals surface area contributed by atoms with Gasteiger partial charge in [0.2, 0.25) is 17.7 Å². The molecule has 6 aromatic rings. The quantitative estimate of drug-likeness (QED) is 0.0533. The van der Waals surface area contributed by atoms with Crippen LogP contribution in [0.15, 0.2) is 60.2 Å². The lowest BCUT2D eigenvalue weighted by molar-refractivity contribution is -0.139. The van der Waals surface area contributed by atoms with Crippen molar-refractivity contribution in [2.24, 2.45) is 5.92 Å². The number of benzene rings is 3. The third kappa shape index (κ3) is 14.1. The fourth-order valence-electron chi connectivity index (χ4n) is 10.5. The molecule has 10 rings (SSSR count). The molecule has 3 aromatic heterocycles. The van der Waals surface area contributed by atoms with Crippen molar-refractivity contribution in [3.63, 3.8) is 0 Å². The number of terminal acetylenes is 1. The lowest BCUT2D eigenvalue weighted by Gasteiger charge is -2.34. The van der Waals surface area contributed by atoms with Crippen LogP contribution in [0.2, 0.25) is 0 Å². The molecule has 2 bridgehead atoms. The average molecular weight is 1090 g/mol. The summed E-state index contributed by atoms with van der Waals surface area (Å²) in [5.41, 5.74) is 5.01. The number of aromatic hydroxyl groups is 1. The second-order valence-electron chi connectivity index (χ2n) is 21.1. The number of anilines is 1. The molecule has 4 saturated heterocycles. The number of ether oxygens (including phenoxy) is 2. The Bertz CT molecular complexity index is 3090. The zero-order valence-corrected chi connectivity index (χ0v) is 46.4. The number of fused-ring (bicyclic) bond motifs is 4. The van der Waals surface area contributed by atoms with Crippen LogP contribution in [-0.4, -0.2) is 137 Å². The number of methoxy groups -OCH3 is 1. The molecule has 4 fully saturated rings. The third-order valence-corrected chi connectivity index (χ3v) is 15.3. The molecule has 7 heterocycles. The van der Waals surface area contributed by atoms with E-state index < -0.39 is 17.7 Å². The van der Waals surface area contributed by atoms with Crippen LogP contribution in [-0.2, 0) is 19.1 Å². The van der Waals surface area contributed by atoms with Crippen LogP contribution in [0.3, 0.4) is 0 Å². The van der Waals surface area contributed by atoms with Gasteiger partial charge in [0, 0.05) is 68.4 Å². The molecule has 3 aromatic carbocycles. The van der Waals surface area contributed by atoms with Crippen molar-refractivity contribution < 1.29 is 37.7 Å². The monoisotopic (exact) mass is 1090 g/mol. The van der Waals surface area contributed by atoms with Crippen molar-refractivity contribution in [1.82, 2.24) is 45.7 Å². The number of phenols is 1. The second kappa shape index (κ2) is 26.7. The second-order valence-corrected chi connectivity index (χ2v) is 21.9. The van der Waals surface area contributed by atoms with Gasteiger partial charge in [0.1, 0.15) is 34.6 Å². The Kier molecular flexibility index (Phi) is 19.6. The Labute approximate surface area is 459 Å². The van der Waals surface area contributed by atoms with E-state index in [9.17, 15) is 23.9 Å². The van der Waals surface area contributed by atoms with Gasteiger partial charge in [-0.05, 0) is 113 Å². The summed E-state index contributed by atoms with van der Waals surface area (Å²) in [6.45, 7) is 16.7. The van der Waals surface area contributed by atoms with Crippen LogP contribution in [0.25, 0.3) is 43.4 Å². The van der Waals surface area contributed by atoms with E-state index in [4.69, 9.17) is 15.9 Å². The molecule has 0 spiro atoms. The number of hydrogen-bond donors (Lipinski definition) is 4. The first-order chi connectivity index (χ1) is 37.6. The van der Waals surface area contributed by atoms with Gasteiger partial charge in [-0.15, -0.1) is 17.8 Å². The van der Waals surface area contributed by atoms with Gasteiger partial charge in [0.05, 0.1) is 53.3 Å². The molecular formula is C59H72F2N10O6S. The third-order valence-electron chi connectivity index (χ3n) is 14.3. The van der Waals surface area contributed by atoms with Gasteiger partial charge in [-0.25, -0.2) is 13.8 Å². The maximum Gasteiger partial charge on any atom is 0.318 e. The van der Waals surface area contributed by atoms with Crippen LogP contribution in [0.5, 0.6) is 11.8 Å². The van der Waals surface area contributed by atoms with Crippen molar-refractivity contribution in [3.05, 3.63) is 88.7 Å². The largest absolute Gasteiger partial charge is 0.508 e. The molecule has 19 heteroatoms. The minimum atomic E-state index is -0.735. The van der Waals surface area contributed by atoms with Crippen LogP contribution in [0.4, 0.5) is 14.6 Å². The van der Waals surface area contributed by atoms with Gasteiger partial charge >= 0.3 is 6.01 Å². The number of aromatic nitrogens is 4. The number of hydrogen-bond acceptors (Lipinski definition) is 14. The summed E-state index contributed by atoms with van der Waals surface area (Å²) in [4.78, 5) is 62.9. The molecule has 4 aliphatic heterocycles. The van der Waals surface area contributed by atoms with Gasteiger partial charge in [0.15, 0.2) is 5.82 Å². The number of carbonyl (C=O) groups excluding carboxylic acids is 3. The number of amides is 3. The number of nitrogens with one attached hydrogen (secondary N) is 3. The number of carbonyl (C=O) groups is 3. The Morgan fingerprint density at radius 1 is 0.949 bits per heavy atom. The maximum absolute atomic E-state index is 16.1. The van der Waals surface area contributed by atoms with Crippen LogP contribution in [0.1, 0.15) is 102 Å². The van der Waals surface area contributed by atoms with E-state index in [1.54, 1.807) is 16.2 Å². The van der Waals surface area contributed by atoms with Crippen molar-refractivity contribution in [3.8, 4) is 45.8 Å². The number of pyridine rings is 1. The van der Waals surface area contributed by atoms with E-state index in [0.29, 0.717) is 54.9 Å². The van der Waals surface area contributed by atoms with Crippen molar-refractivity contribution in [2.75, 3.05) is 71.0 Å². The summed E-state index contributed by atoms with van der Waals surface area (Å²) in [6, 6.07) is 13.6.